The SMILES string of the molecule is COc1ccc(C(O)CN)cc1[N+](=O)[O-]. The van der Waals surface area contributed by atoms with Crippen molar-refractivity contribution in [3.8, 4) is 5.75 Å². The van der Waals surface area contributed by atoms with Crippen LogP contribution in [0, 0.1) is 10.1 Å². The summed E-state index contributed by atoms with van der Waals surface area (Å²) in [5.74, 6) is 0.160. The molecule has 82 valence electrons. The maximum atomic E-state index is 10.7. The van der Waals surface area contributed by atoms with Gasteiger partial charge in [0.2, 0.25) is 0 Å². The average molecular weight is 212 g/mol. The van der Waals surface area contributed by atoms with Crippen molar-refractivity contribution in [2.24, 2.45) is 5.73 Å². The van der Waals surface area contributed by atoms with Gasteiger partial charge in [-0.05, 0) is 11.6 Å². The Morgan fingerprint density at radius 1 is 1.67 bits per heavy atom. The molecule has 1 unspecified atom stereocenters. The highest BCUT2D eigenvalue weighted by molar-refractivity contribution is 5.49. The van der Waals surface area contributed by atoms with Gasteiger partial charge in [0.15, 0.2) is 5.75 Å². The summed E-state index contributed by atoms with van der Waals surface area (Å²) in [6.07, 6.45) is -0.894. The highest BCUT2D eigenvalue weighted by Crippen LogP contribution is 2.29. The third-order valence-electron chi connectivity index (χ3n) is 2.01. The molecular formula is C9H12N2O4. The molecule has 0 radical (unpaired) electrons. The maximum absolute atomic E-state index is 10.7. The molecule has 0 saturated heterocycles. The van der Waals surface area contributed by atoms with Crippen molar-refractivity contribution in [2.45, 2.75) is 6.10 Å². The molecule has 0 aliphatic heterocycles. The van der Waals surface area contributed by atoms with E-state index in [1.807, 2.05) is 0 Å². The number of aliphatic hydroxyl groups is 1. The molecule has 0 aliphatic carbocycles. The minimum absolute atomic E-state index is 0.0173. The number of nitrogens with two attached hydrogens (primary N) is 1. The Bertz CT molecular complexity index is 367. The predicted molar refractivity (Wildman–Crippen MR) is 53.7 cm³/mol. The molecule has 0 spiro atoms. The Labute approximate surface area is 86.4 Å². The summed E-state index contributed by atoms with van der Waals surface area (Å²) in [5.41, 5.74) is 5.48. The van der Waals surface area contributed by atoms with Gasteiger partial charge in [-0.25, -0.2) is 0 Å². The predicted octanol–water partition coefficient (Wildman–Crippen LogP) is 0.596. The molecule has 1 atom stereocenters. The second-order valence-corrected chi connectivity index (χ2v) is 2.94. The fourth-order valence-electron chi connectivity index (χ4n) is 1.19. The number of hydrogen-bond donors (Lipinski definition) is 2. The smallest absolute Gasteiger partial charge is 0.311 e. The van der Waals surface area contributed by atoms with Crippen LogP contribution in [0.25, 0.3) is 0 Å². The van der Waals surface area contributed by atoms with E-state index >= 15 is 0 Å². The van der Waals surface area contributed by atoms with Gasteiger partial charge in [-0.15, -0.1) is 0 Å². The highest BCUT2D eigenvalue weighted by atomic mass is 16.6. The summed E-state index contributed by atoms with van der Waals surface area (Å²) in [5, 5.41) is 20.1. The number of nitrogens with zero attached hydrogens (tertiary/aromatic N) is 1. The van der Waals surface area contributed by atoms with Crippen LogP contribution in [0.3, 0.4) is 0 Å². The van der Waals surface area contributed by atoms with Crippen LogP contribution >= 0.6 is 0 Å². The normalized spacial score (nSPS) is 12.2. The van der Waals surface area contributed by atoms with Crippen LogP contribution in [-0.2, 0) is 0 Å². The molecule has 15 heavy (non-hydrogen) atoms. The molecular weight excluding hydrogens is 200 g/mol. The van der Waals surface area contributed by atoms with Gasteiger partial charge in [0.25, 0.3) is 0 Å². The fourth-order valence-corrected chi connectivity index (χ4v) is 1.19. The first-order chi connectivity index (χ1) is 7.10. The monoisotopic (exact) mass is 212 g/mol. The number of nitro groups is 1. The van der Waals surface area contributed by atoms with Crippen molar-refractivity contribution in [3.63, 3.8) is 0 Å². The van der Waals surface area contributed by atoms with Gasteiger partial charge in [-0.2, -0.15) is 0 Å². The van der Waals surface area contributed by atoms with Gasteiger partial charge in [0.1, 0.15) is 0 Å². The topological polar surface area (TPSA) is 98.6 Å². The van der Waals surface area contributed by atoms with Gasteiger partial charge < -0.3 is 15.6 Å². The number of nitro benzene ring substituents is 1. The lowest BCUT2D eigenvalue weighted by atomic mass is 10.1. The van der Waals surface area contributed by atoms with Crippen LogP contribution in [-0.4, -0.2) is 23.7 Å². The van der Waals surface area contributed by atoms with E-state index in [0.717, 1.165) is 0 Å². The molecule has 0 aliphatic rings. The Morgan fingerprint density at radius 3 is 2.80 bits per heavy atom. The molecule has 6 heteroatoms. The van der Waals surface area contributed by atoms with Crippen LogP contribution in [0.4, 0.5) is 5.69 Å². The van der Waals surface area contributed by atoms with Crippen molar-refractivity contribution >= 4 is 5.69 Å². The van der Waals surface area contributed by atoms with Crippen molar-refractivity contribution in [2.75, 3.05) is 13.7 Å². The molecule has 1 rings (SSSR count). The summed E-state index contributed by atoms with van der Waals surface area (Å²) in [6.45, 7) is 0.0173. The quantitative estimate of drug-likeness (QED) is 0.562. The average Bonchev–Trinajstić information content (AvgIpc) is 2.27. The van der Waals surface area contributed by atoms with Gasteiger partial charge in [-0.3, -0.25) is 10.1 Å². The second-order valence-electron chi connectivity index (χ2n) is 2.94. The molecule has 1 aromatic carbocycles. The van der Waals surface area contributed by atoms with E-state index < -0.39 is 11.0 Å². The number of rotatable bonds is 4. The Balaban J connectivity index is 3.16. The van der Waals surface area contributed by atoms with Crippen molar-refractivity contribution in [3.05, 3.63) is 33.9 Å². The van der Waals surface area contributed by atoms with E-state index in [1.165, 1.54) is 19.2 Å². The summed E-state index contributed by atoms with van der Waals surface area (Å²) < 4.78 is 4.82. The van der Waals surface area contributed by atoms with E-state index in [9.17, 15) is 15.2 Å². The molecule has 0 bridgehead atoms. The number of methoxy groups -OCH3 is 1. The molecule has 0 aromatic heterocycles. The highest BCUT2D eigenvalue weighted by Gasteiger charge is 2.17. The lowest BCUT2D eigenvalue weighted by molar-refractivity contribution is -0.385. The second kappa shape index (κ2) is 4.72. The molecule has 0 amide bonds. The number of hydrogen-bond acceptors (Lipinski definition) is 5. The fraction of sp³-hybridized carbons (Fsp3) is 0.333. The minimum atomic E-state index is -0.894. The standard InChI is InChI=1S/C9H12N2O4/c1-15-9-3-2-6(8(12)5-10)4-7(9)11(13)14/h2-4,8,12H,5,10H2,1H3. The van der Waals surface area contributed by atoms with Gasteiger partial charge in [-0.1, -0.05) is 6.07 Å². The van der Waals surface area contributed by atoms with Crippen molar-refractivity contribution < 1.29 is 14.8 Å². The summed E-state index contributed by atoms with van der Waals surface area (Å²) in [4.78, 5) is 10.1. The zero-order valence-corrected chi connectivity index (χ0v) is 8.21. The van der Waals surface area contributed by atoms with Crippen LogP contribution in [0.1, 0.15) is 11.7 Å². The third kappa shape index (κ3) is 2.42. The first-order valence-electron chi connectivity index (χ1n) is 4.30. The minimum Gasteiger partial charge on any atom is -0.490 e. The first-order valence-corrected chi connectivity index (χ1v) is 4.30. The maximum Gasteiger partial charge on any atom is 0.311 e. The van der Waals surface area contributed by atoms with Crippen LogP contribution < -0.4 is 10.5 Å². The van der Waals surface area contributed by atoms with Crippen LogP contribution in [0.2, 0.25) is 0 Å². The first kappa shape index (κ1) is 11.4. The van der Waals surface area contributed by atoms with Crippen LogP contribution in [0.15, 0.2) is 18.2 Å². The molecule has 0 saturated carbocycles. The molecule has 1 aromatic rings. The Morgan fingerprint density at radius 2 is 2.33 bits per heavy atom. The van der Waals surface area contributed by atoms with Gasteiger partial charge in [0, 0.05) is 12.6 Å². The number of aliphatic hydroxyl groups excluding tert-OH is 1. The number of ether oxygens (including phenoxy) is 1. The summed E-state index contributed by atoms with van der Waals surface area (Å²) >= 11 is 0. The van der Waals surface area contributed by atoms with E-state index in [4.69, 9.17) is 10.5 Å². The summed E-state index contributed by atoms with van der Waals surface area (Å²) in [7, 11) is 1.35. The molecule has 6 nitrogen and oxygen atoms in total. The number of benzene rings is 1. The Hall–Kier alpha value is -1.66. The largest absolute Gasteiger partial charge is 0.490 e. The van der Waals surface area contributed by atoms with E-state index in [1.54, 1.807) is 6.07 Å². The zero-order valence-electron chi connectivity index (χ0n) is 8.21. The van der Waals surface area contributed by atoms with Crippen LogP contribution in [0.5, 0.6) is 5.75 Å². The lowest BCUT2D eigenvalue weighted by Crippen LogP contribution is -2.11. The van der Waals surface area contributed by atoms with E-state index in [0.29, 0.717) is 5.56 Å². The molecule has 0 heterocycles. The third-order valence-corrected chi connectivity index (χ3v) is 2.01. The Kier molecular flexibility index (Phi) is 3.59. The van der Waals surface area contributed by atoms with Gasteiger partial charge in [0.05, 0.1) is 18.1 Å². The molecule has 3 N–H and O–H groups in total. The van der Waals surface area contributed by atoms with Crippen molar-refractivity contribution in [1.29, 1.82) is 0 Å². The van der Waals surface area contributed by atoms with E-state index in [2.05, 4.69) is 0 Å². The lowest BCUT2D eigenvalue weighted by Gasteiger charge is -2.09. The summed E-state index contributed by atoms with van der Waals surface area (Å²) in [6, 6.07) is 4.24. The van der Waals surface area contributed by atoms with Crippen molar-refractivity contribution in [1.82, 2.24) is 0 Å². The molecule has 0 fully saturated rings. The zero-order chi connectivity index (χ0) is 11.4. The van der Waals surface area contributed by atoms with Gasteiger partial charge >= 0.3 is 5.69 Å². The van der Waals surface area contributed by atoms with E-state index in [-0.39, 0.29) is 18.0 Å².